The van der Waals surface area contributed by atoms with Gasteiger partial charge in [0.1, 0.15) is 0 Å². The molecule has 0 spiro atoms. The molecule has 2 unspecified atom stereocenters. The third-order valence-electron chi connectivity index (χ3n) is 2.92. The van der Waals surface area contributed by atoms with Crippen LogP contribution in [-0.4, -0.2) is 34.8 Å². The normalized spacial score (nSPS) is 29.4. The molecule has 14 heavy (non-hydrogen) atoms. The summed E-state index contributed by atoms with van der Waals surface area (Å²) in [5.41, 5.74) is 0. The van der Waals surface area contributed by atoms with Crippen LogP contribution in [0.25, 0.3) is 0 Å². The maximum atomic E-state index is 8.71. The van der Waals surface area contributed by atoms with Gasteiger partial charge in [0.2, 0.25) is 0 Å². The van der Waals surface area contributed by atoms with Gasteiger partial charge in [0.25, 0.3) is 0 Å². The van der Waals surface area contributed by atoms with Gasteiger partial charge in [-0.3, -0.25) is 0 Å². The summed E-state index contributed by atoms with van der Waals surface area (Å²) in [6.45, 7) is 6.00. The lowest BCUT2D eigenvalue weighted by molar-refractivity contribution is 0.276. The summed E-state index contributed by atoms with van der Waals surface area (Å²) in [6.07, 6.45) is 4.71. The largest absolute Gasteiger partial charge is 0.396 e. The Hall–Kier alpha value is 0.270. The minimum atomic E-state index is 0.317. The molecular weight excluding hydrogens is 194 g/mol. The summed E-state index contributed by atoms with van der Waals surface area (Å²) >= 11 is 2.10. The number of hydrogen-bond donors (Lipinski definition) is 2. The topological polar surface area (TPSA) is 32.3 Å². The van der Waals surface area contributed by atoms with E-state index in [1.54, 1.807) is 0 Å². The smallest absolute Gasteiger partial charge is 0.0431 e. The number of aliphatic hydroxyl groups is 1. The van der Waals surface area contributed by atoms with Gasteiger partial charge in [-0.15, -0.1) is 0 Å². The van der Waals surface area contributed by atoms with Crippen LogP contribution in [0.1, 0.15) is 39.5 Å². The second-order valence-corrected chi connectivity index (χ2v) is 6.23. The van der Waals surface area contributed by atoms with Crippen molar-refractivity contribution in [2.24, 2.45) is 0 Å². The van der Waals surface area contributed by atoms with Crippen molar-refractivity contribution in [3.05, 3.63) is 0 Å². The van der Waals surface area contributed by atoms with E-state index < -0.39 is 0 Å². The lowest BCUT2D eigenvalue weighted by atomic mass is 10.0. The number of nitrogens with one attached hydrogen (secondary N) is 1. The fraction of sp³-hybridized carbons (Fsp3) is 1.00. The van der Waals surface area contributed by atoms with Crippen molar-refractivity contribution in [1.29, 1.82) is 0 Å². The van der Waals surface area contributed by atoms with E-state index in [4.69, 9.17) is 5.11 Å². The SMILES string of the molecule is CC(CCCO)NCC1(C)CCCS1. The van der Waals surface area contributed by atoms with Crippen molar-refractivity contribution in [2.45, 2.75) is 50.3 Å². The Labute approximate surface area is 91.9 Å². The first-order chi connectivity index (χ1) is 6.66. The molecule has 1 aliphatic heterocycles. The third-order valence-corrected chi connectivity index (χ3v) is 4.46. The minimum absolute atomic E-state index is 0.317. The van der Waals surface area contributed by atoms with E-state index in [0.29, 0.717) is 17.4 Å². The molecule has 0 bridgehead atoms. The van der Waals surface area contributed by atoms with Crippen molar-refractivity contribution in [2.75, 3.05) is 18.9 Å². The second kappa shape index (κ2) is 5.99. The van der Waals surface area contributed by atoms with E-state index in [0.717, 1.165) is 19.4 Å². The summed E-state index contributed by atoms with van der Waals surface area (Å²) in [4.78, 5) is 0. The monoisotopic (exact) mass is 217 g/mol. The van der Waals surface area contributed by atoms with Crippen LogP contribution in [0.15, 0.2) is 0 Å². The molecule has 3 heteroatoms. The van der Waals surface area contributed by atoms with Gasteiger partial charge >= 0.3 is 0 Å². The Morgan fingerprint density at radius 3 is 2.93 bits per heavy atom. The molecule has 1 fully saturated rings. The zero-order valence-electron chi connectivity index (χ0n) is 9.38. The van der Waals surface area contributed by atoms with Gasteiger partial charge in [0, 0.05) is 23.9 Å². The van der Waals surface area contributed by atoms with Crippen molar-refractivity contribution < 1.29 is 5.11 Å². The predicted molar refractivity (Wildman–Crippen MR) is 63.9 cm³/mol. The van der Waals surface area contributed by atoms with Crippen LogP contribution < -0.4 is 5.32 Å². The van der Waals surface area contributed by atoms with Gasteiger partial charge in [-0.2, -0.15) is 11.8 Å². The quantitative estimate of drug-likeness (QED) is 0.714. The highest BCUT2D eigenvalue weighted by atomic mass is 32.2. The number of aliphatic hydroxyl groups excluding tert-OH is 1. The first-order valence-electron chi connectivity index (χ1n) is 5.64. The van der Waals surface area contributed by atoms with Crippen molar-refractivity contribution in [3.8, 4) is 0 Å². The van der Waals surface area contributed by atoms with Crippen LogP contribution in [0.4, 0.5) is 0 Å². The maximum Gasteiger partial charge on any atom is 0.0431 e. The van der Waals surface area contributed by atoms with Crippen LogP contribution >= 0.6 is 11.8 Å². The maximum absolute atomic E-state index is 8.71. The molecule has 0 saturated carbocycles. The average Bonchev–Trinajstić information content (AvgIpc) is 2.60. The molecule has 0 aromatic heterocycles. The minimum Gasteiger partial charge on any atom is -0.396 e. The Bertz CT molecular complexity index is 157. The first kappa shape index (κ1) is 12.3. The van der Waals surface area contributed by atoms with Crippen LogP contribution in [-0.2, 0) is 0 Å². The fourth-order valence-corrected chi connectivity index (χ4v) is 3.12. The van der Waals surface area contributed by atoms with Crippen LogP contribution in [0.5, 0.6) is 0 Å². The van der Waals surface area contributed by atoms with Crippen LogP contribution in [0.2, 0.25) is 0 Å². The standard InChI is InChI=1S/C11H23NOS/c1-10(5-3-7-13)12-9-11(2)6-4-8-14-11/h10,12-13H,3-9H2,1-2H3. The van der Waals surface area contributed by atoms with Crippen LogP contribution in [0.3, 0.4) is 0 Å². The van der Waals surface area contributed by atoms with Gasteiger partial charge in [0.05, 0.1) is 0 Å². The zero-order valence-corrected chi connectivity index (χ0v) is 10.2. The first-order valence-corrected chi connectivity index (χ1v) is 6.63. The van der Waals surface area contributed by atoms with E-state index in [1.165, 1.54) is 18.6 Å². The molecule has 1 rings (SSSR count). The van der Waals surface area contributed by atoms with Crippen molar-refractivity contribution >= 4 is 11.8 Å². The highest BCUT2D eigenvalue weighted by Gasteiger charge is 2.29. The molecule has 84 valence electrons. The number of rotatable bonds is 6. The second-order valence-electron chi connectivity index (χ2n) is 4.55. The Balaban J connectivity index is 2.12. The van der Waals surface area contributed by atoms with E-state index >= 15 is 0 Å². The summed E-state index contributed by atoms with van der Waals surface area (Å²) in [5, 5.41) is 12.3. The highest BCUT2D eigenvalue weighted by molar-refractivity contribution is 8.00. The molecule has 2 nitrogen and oxygen atoms in total. The van der Waals surface area contributed by atoms with E-state index in [1.807, 2.05) is 0 Å². The van der Waals surface area contributed by atoms with Gasteiger partial charge in [-0.1, -0.05) is 0 Å². The van der Waals surface area contributed by atoms with Gasteiger partial charge < -0.3 is 10.4 Å². The van der Waals surface area contributed by atoms with Crippen LogP contribution in [0, 0.1) is 0 Å². The molecule has 0 aromatic rings. The lowest BCUT2D eigenvalue weighted by Gasteiger charge is -2.25. The number of hydrogen-bond acceptors (Lipinski definition) is 3. The Morgan fingerprint density at radius 1 is 1.57 bits per heavy atom. The molecular formula is C11H23NOS. The summed E-state index contributed by atoms with van der Waals surface area (Å²) in [6, 6.07) is 0.542. The average molecular weight is 217 g/mol. The summed E-state index contributed by atoms with van der Waals surface area (Å²) in [7, 11) is 0. The van der Waals surface area contributed by atoms with Gasteiger partial charge in [-0.05, 0) is 45.3 Å². The third kappa shape index (κ3) is 4.20. The number of thioether (sulfide) groups is 1. The predicted octanol–water partition coefficient (Wildman–Crippen LogP) is 2.02. The molecule has 0 aliphatic carbocycles. The summed E-state index contributed by atoms with van der Waals surface area (Å²) < 4.78 is 0.466. The van der Waals surface area contributed by atoms with Crippen molar-refractivity contribution in [1.82, 2.24) is 5.32 Å². The molecule has 1 saturated heterocycles. The highest BCUT2D eigenvalue weighted by Crippen LogP contribution is 2.37. The molecule has 1 heterocycles. The lowest BCUT2D eigenvalue weighted by Crippen LogP contribution is -2.38. The molecule has 0 radical (unpaired) electrons. The molecule has 2 N–H and O–H groups in total. The van der Waals surface area contributed by atoms with Crippen molar-refractivity contribution in [3.63, 3.8) is 0 Å². The zero-order chi connectivity index (χ0) is 10.4. The molecule has 0 amide bonds. The molecule has 2 atom stereocenters. The van der Waals surface area contributed by atoms with E-state index in [2.05, 4.69) is 30.9 Å². The van der Waals surface area contributed by atoms with Gasteiger partial charge in [0.15, 0.2) is 0 Å². The molecule has 1 aliphatic rings. The Kier molecular flexibility index (Phi) is 5.28. The Morgan fingerprint density at radius 2 is 2.36 bits per heavy atom. The fourth-order valence-electron chi connectivity index (χ4n) is 1.87. The van der Waals surface area contributed by atoms with E-state index in [-0.39, 0.29) is 0 Å². The summed E-state index contributed by atoms with van der Waals surface area (Å²) in [5.74, 6) is 1.32. The van der Waals surface area contributed by atoms with E-state index in [9.17, 15) is 0 Å². The molecule has 0 aromatic carbocycles. The van der Waals surface area contributed by atoms with Gasteiger partial charge in [-0.25, -0.2) is 0 Å².